The zero-order valence-electron chi connectivity index (χ0n) is 10.1. The molecule has 0 spiro atoms. The van der Waals surface area contributed by atoms with Crippen molar-refractivity contribution in [2.45, 2.75) is 32.9 Å². The molecule has 0 fully saturated rings. The van der Waals surface area contributed by atoms with Crippen molar-refractivity contribution in [1.82, 2.24) is 5.32 Å². The Bertz CT molecular complexity index is 322. The van der Waals surface area contributed by atoms with E-state index in [1.807, 2.05) is 25.1 Å². The Labute approximate surface area is 96.8 Å². The van der Waals surface area contributed by atoms with Gasteiger partial charge in [0.2, 0.25) is 0 Å². The lowest BCUT2D eigenvalue weighted by molar-refractivity contribution is 0.0468. The molecule has 0 aliphatic heterocycles. The van der Waals surface area contributed by atoms with Crippen LogP contribution in [0.25, 0.3) is 0 Å². The molecule has 0 aliphatic rings. The highest BCUT2D eigenvalue weighted by atomic mass is 16.5. The Morgan fingerprint density at radius 1 is 1.25 bits per heavy atom. The molecule has 0 amide bonds. The van der Waals surface area contributed by atoms with Crippen molar-refractivity contribution >= 4 is 5.97 Å². The molecule has 0 saturated heterocycles. The molecule has 0 bridgehead atoms. The van der Waals surface area contributed by atoms with Crippen LogP contribution in [0.4, 0.5) is 0 Å². The van der Waals surface area contributed by atoms with Crippen molar-refractivity contribution in [3.05, 3.63) is 35.9 Å². The summed E-state index contributed by atoms with van der Waals surface area (Å²) in [5, 5.41) is 3.27. The zero-order chi connectivity index (χ0) is 12.0. The molecule has 1 unspecified atom stereocenters. The maximum Gasteiger partial charge on any atom is 0.338 e. The minimum absolute atomic E-state index is 0.174. The molecule has 0 aromatic heterocycles. The van der Waals surface area contributed by atoms with Gasteiger partial charge in [-0.15, -0.1) is 0 Å². The molecule has 88 valence electrons. The minimum atomic E-state index is -0.266. The van der Waals surface area contributed by atoms with E-state index in [-0.39, 0.29) is 12.0 Å². The Balaban J connectivity index is 2.36. The van der Waals surface area contributed by atoms with Crippen LogP contribution in [0.3, 0.4) is 0 Å². The van der Waals surface area contributed by atoms with Crippen molar-refractivity contribution < 1.29 is 9.53 Å². The van der Waals surface area contributed by atoms with Gasteiger partial charge >= 0.3 is 5.97 Å². The van der Waals surface area contributed by atoms with E-state index < -0.39 is 0 Å². The topological polar surface area (TPSA) is 38.3 Å². The number of nitrogens with one attached hydrogen (secondary N) is 1. The molecule has 1 aromatic carbocycles. The maximum absolute atomic E-state index is 11.6. The summed E-state index contributed by atoms with van der Waals surface area (Å²) in [6.07, 6.45) is 0. The zero-order valence-corrected chi connectivity index (χ0v) is 10.1. The van der Waals surface area contributed by atoms with Gasteiger partial charge in [0.15, 0.2) is 0 Å². The summed E-state index contributed by atoms with van der Waals surface area (Å²) < 4.78 is 5.19. The van der Waals surface area contributed by atoms with E-state index in [4.69, 9.17) is 4.74 Å². The van der Waals surface area contributed by atoms with Crippen molar-refractivity contribution in [1.29, 1.82) is 0 Å². The van der Waals surface area contributed by atoms with E-state index in [0.717, 1.165) is 0 Å². The van der Waals surface area contributed by atoms with E-state index in [1.54, 1.807) is 12.1 Å². The summed E-state index contributed by atoms with van der Waals surface area (Å²) in [5.74, 6) is -0.266. The van der Waals surface area contributed by atoms with Crippen LogP contribution in [-0.2, 0) is 4.74 Å². The average Bonchev–Trinajstić information content (AvgIpc) is 2.26. The van der Waals surface area contributed by atoms with Gasteiger partial charge in [-0.25, -0.2) is 4.79 Å². The average molecular weight is 221 g/mol. The van der Waals surface area contributed by atoms with Crippen LogP contribution in [0, 0.1) is 0 Å². The summed E-state index contributed by atoms with van der Waals surface area (Å²) >= 11 is 0. The molecule has 1 rings (SSSR count). The number of hydrogen-bond donors (Lipinski definition) is 1. The molecule has 0 saturated carbocycles. The number of hydrogen-bond acceptors (Lipinski definition) is 3. The molecule has 3 heteroatoms. The first kappa shape index (κ1) is 12.7. The maximum atomic E-state index is 11.6. The molecule has 1 atom stereocenters. The van der Waals surface area contributed by atoms with E-state index in [2.05, 4.69) is 19.2 Å². The van der Waals surface area contributed by atoms with Crippen LogP contribution < -0.4 is 5.32 Å². The monoisotopic (exact) mass is 221 g/mol. The van der Waals surface area contributed by atoms with Gasteiger partial charge in [-0.2, -0.15) is 0 Å². The Morgan fingerprint density at radius 2 is 1.88 bits per heavy atom. The lowest BCUT2D eigenvalue weighted by Crippen LogP contribution is -2.36. The smallest absolute Gasteiger partial charge is 0.338 e. The number of carbonyl (C=O) groups excluding carboxylic acids is 1. The van der Waals surface area contributed by atoms with Crippen LogP contribution in [-0.4, -0.2) is 24.7 Å². The van der Waals surface area contributed by atoms with Gasteiger partial charge in [0.05, 0.1) is 5.56 Å². The first-order valence-corrected chi connectivity index (χ1v) is 5.58. The second kappa shape index (κ2) is 6.28. The largest absolute Gasteiger partial charge is 0.460 e. The van der Waals surface area contributed by atoms with Crippen molar-refractivity contribution in [2.24, 2.45) is 0 Å². The van der Waals surface area contributed by atoms with E-state index in [1.165, 1.54) is 0 Å². The van der Waals surface area contributed by atoms with E-state index >= 15 is 0 Å². The number of ether oxygens (including phenoxy) is 1. The number of rotatable bonds is 5. The van der Waals surface area contributed by atoms with Crippen LogP contribution in [0.5, 0.6) is 0 Å². The summed E-state index contributed by atoms with van der Waals surface area (Å²) in [4.78, 5) is 11.6. The highest BCUT2D eigenvalue weighted by Crippen LogP contribution is 2.01. The third kappa shape index (κ3) is 4.45. The summed E-state index contributed by atoms with van der Waals surface area (Å²) in [6, 6.07) is 9.60. The molecule has 16 heavy (non-hydrogen) atoms. The third-order valence-corrected chi connectivity index (χ3v) is 2.09. The second-order valence-electron chi connectivity index (χ2n) is 4.19. The molecule has 0 aliphatic carbocycles. The molecule has 1 aromatic rings. The molecular formula is C13H19NO2. The van der Waals surface area contributed by atoms with Gasteiger partial charge in [0.1, 0.15) is 6.61 Å². The predicted molar refractivity (Wildman–Crippen MR) is 64.5 cm³/mol. The van der Waals surface area contributed by atoms with Crippen molar-refractivity contribution in [3.63, 3.8) is 0 Å². The Morgan fingerprint density at radius 3 is 2.44 bits per heavy atom. The van der Waals surface area contributed by atoms with Crippen molar-refractivity contribution in [3.8, 4) is 0 Å². The van der Waals surface area contributed by atoms with E-state index in [9.17, 15) is 4.79 Å². The van der Waals surface area contributed by atoms with Gasteiger partial charge in [-0.3, -0.25) is 0 Å². The van der Waals surface area contributed by atoms with Crippen LogP contribution >= 0.6 is 0 Å². The van der Waals surface area contributed by atoms with Gasteiger partial charge < -0.3 is 10.1 Å². The van der Waals surface area contributed by atoms with Crippen molar-refractivity contribution in [2.75, 3.05) is 6.61 Å². The number of carbonyl (C=O) groups is 1. The fraction of sp³-hybridized carbons (Fsp3) is 0.462. The normalized spacial score (nSPS) is 12.5. The number of esters is 1. The molecular weight excluding hydrogens is 202 g/mol. The standard InChI is InChI=1S/C13H19NO2/c1-10(2)14-11(3)9-16-13(15)12-7-5-4-6-8-12/h4-8,10-11,14H,9H2,1-3H3. The fourth-order valence-electron chi connectivity index (χ4n) is 1.48. The van der Waals surface area contributed by atoms with E-state index in [0.29, 0.717) is 18.2 Å². The van der Waals surface area contributed by atoms with Gasteiger partial charge in [-0.1, -0.05) is 32.0 Å². The second-order valence-corrected chi connectivity index (χ2v) is 4.19. The highest BCUT2D eigenvalue weighted by Gasteiger charge is 2.09. The minimum Gasteiger partial charge on any atom is -0.460 e. The molecule has 3 nitrogen and oxygen atoms in total. The third-order valence-electron chi connectivity index (χ3n) is 2.09. The molecule has 0 heterocycles. The van der Waals surface area contributed by atoms with Crippen LogP contribution in [0.1, 0.15) is 31.1 Å². The SMILES string of the molecule is CC(C)NC(C)COC(=O)c1ccccc1. The summed E-state index contributed by atoms with van der Waals surface area (Å²) in [7, 11) is 0. The van der Waals surface area contributed by atoms with Crippen LogP contribution in [0.2, 0.25) is 0 Å². The highest BCUT2D eigenvalue weighted by molar-refractivity contribution is 5.89. The van der Waals surface area contributed by atoms with Crippen LogP contribution in [0.15, 0.2) is 30.3 Å². The first-order chi connectivity index (χ1) is 7.59. The molecule has 1 N–H and O–H groups in total. The predicted octanol–water partition coefficient (Wildman–Crippen LogP) is 2.23. The summed E-state index contributed by atoms with van der Waals surface area (Å²) in [5.41, 5.74) is 0.597. The lowest BCUT2D eigenvalue weighted by Gasteiger charge is -2.16. The Hall–Kier alpha value is -1.35. The Kier molecular flexibility index (Phi) is 4.99. The first-order valence-electron chi connectivity index (χ1n) is 5.58. The van der Waals surface area contributed by atoms with Gasteiger partial charge in [0, 0.05) is 12.1 Å². The fourth-order valence-corrected chi connectivity index (χ4v) is 1.48. The quantitative estimate of drug-likeness (QED) is 0.775. The van der Waals surface area contributed by atoms with Gasteiger partial charge in [-0.05, 0) is 19.1 Å². The summed E-state index contributed by atoms with van der Waals surface area (Å²) in [6.45, 7) is 6.52. The number of benzene rings is 1. The van der Waals surface area contributed by atoms with Gasteiger partial charge in [0.25, 0.3) is 0 Å². The molecule has 0 radical (unpaired) electrons. The lowest BCUT2D eigenvalue weighted by atomic mass is 10.2.